The molecule has 1 N–H and O–H groups in total. The second-order valence-electron chi connectivity index (χ2n) is 10.6. The summed E-state index contributed by atoms with van der Waals surface area (Å²) in [5, 5.41) is 10.4. The minimum absolute atomic E-state index is 0.147. The molecule has 2 aromatic rings. The van der Waals surface area contributed by atoms with Crippen molar-refractivity contribution in [3.63, 3.8) is 0 Å². The van der Waals surface area contributed by atoms with Crippen molar-refractivity contribution in [3.05, 3.63) is 71.8 Å². The Kier molecular flexibility index (Phi) is 8.28. The van der Waals surface area contributed by atoms with Gasteiger partial charge >= 0.3 is 0 Å². The third-order valence-corrected chi connectivity index (χ3v) is 7.21. The van der Waals surface area contributed by atoms with Crippen LogP contribution in [0.2, 0.25) is 0 Å². The van der Waals surface area contributed by atoms with Crippen molar-refractivity contribution in [2.24, 2.45) is 5.92 Å². The first kappa shape index (κ1) is 26.7. The first-order valence-electron chi connectivity index (χ1n) is 13.1. The van der Waals surface area contributed by atoms with E-state index in [0.717, 1.165) is 11.1 Å². The summed E-state index contributed by atoms with van der Waals surface area (Å²) in [6, 6.07) is 20.2. The average Bonchev–Trinajstić information content (AvgIpc) is 3.22. The molecule has 3 aliphatic heterocycles. The summed E-state index contributed by atoms with van der Waals surface area (Å²) in [6.07, 6.45) is -4.21. The lowest BCUT2D eigenvalue weighted by Crippen LogP contribution is -2.59. The highest BCUT2D eigenvalue weighted by molar-refractivity contribution is 5.14. The predicted octanol–water partition coefficient (Wildman–Crippen LogP) is 3.79. The summed E-state index contributed by atoms with van der Waals surface area (Å²) < 4.78 is 43.2. The molecule has 5 unspecified atom stereocenters. The van der Waals surface area contributed by atoms with Crippen molar-refractivity contribution < 1.29 is 38.3 Å². The highest BCUT2D eigenvalue weighted by Crippen LogP contribution is 2.39. The van der Waals surface area contributed by atoms with E-state index in [0.29, 0.717) is 19.8 Å². The first-order valence-corrected chi connectivity index (χ1v) is 13.1. The number of benzene rings is 2. The molecule has 0 aliphatic carbocycles. The molecule has 202 valence electrons. The molecule has 0 saturated carbocycles. The van der Waals surface area contributed by atoms with Gasteiger partial charge in [-0.2, -0.15) is 0 Å². The monoisotopic (exact) mass is 514 g/mol. The van der Waals surface area contributed by atoms with E-state index in [2.05, 4.69) is 6.92 Å². The van der Waals surface area contributed by atoms with Crippen LogP contribution in [0.5, 0.6) is 0 Å². The third-order valence-electron chi connectivity index (χ3n) is 7.21. The van der Waals surface area contributed by atoms with E-state index in [9.17, 15) is 5.11 Å². The largest absolute Gasteiger partial charge is 0.370 e. The average molecular weight is 515 g/mol. The van der Waals surface area contributed by atoms with Gasteiger partial charge < -0.3 is 38.3 Å². The second kappa shape index (κ2) is 11.5. The van der Waals surface area contributed by atoms with Gasteiger partial charge in [0.25, 0.3) is 0 Å². The second-order valence-corrected chi connectivity index (χ2v) is 10.6. The number of fused-ring (bicyclic) bond motifs is 1. The quantitative estimate of drug-likeness (QED) is 0.570. The van der Waals surface area contributed by atoms with Crippen molar-refractivity contribution in [1.82, 2.24) is 0 Å². The van der Waals surface area contributed by atoms with Crippen molar-refractivity contribution in [2.75, 3.05) is 6.61 Å². The molecule has 8 heteroatoms. The van der Waals surface area contributed by atoms with Gasteiger partial charge in [-0.05, 0) is 31.9 Å². The third kappa shape index (κ3) is 6.24. The number of aliphatic hydroxyl groups excluding tert-OH is 1. The lowest BCUT2D eigenvalue weighted by molar-refractivity contribution is -0.322. The molecular weight excluding hydrogens is 476 g/mol. The minimum atomic E-state index is -1.08. The van der Waals surface area contributed by atoms with E-state index in [1.807, 2.05) is 81.4 Å². The van der Waals surface area contributed by atoms with Gasteiger partial charge in [-0.15, -0.1) is 0 Å². The van der Waals surface area contributed by atoms with Crippen LogP contribution in [0.1, 0.15) is 38.8 Å². The van der Waals surface area contributed by atoms with Gasteiger partial charge in [0.1, 0.15) is 24.4 Å². The van der Waals surface area contributed by atoms with Gasteiger partial charge in [-0.1, -0.05) is 67.6 Å². The maximum Gasteiger partial charge on any atom is 0.184 e. The van der Waals surface area contributed by atoms with Crippen LogP contribution in [0, 0.1) is 5.92 Å². The smallest absolute Gasteiger partial charge is 0.184 e. The lowest BCUT2D eigenvalue weighted by Gasteiger charge is -2.45. The van der Waals surface area contributed by atoms with Crippen LogP contribution in [0.4, 0.5) is 0 Å². The summed E-state index contributed by atoms with van der Waals surface area (Å²) in [5.74, 6) is -0.992. The van der Waals surface area contributed by atoms with Crippen molar-refractivity contribution in [2.45, 2.75) is 95.9 Å². The molecule has 9 atom stereocenters. The fourth-order valence-corrected chi connectivity index (χ4v) is 5.32. The fraction of sp³-hybridized carbons (Fsp3) is 0.586. The molecule has 3 saturated heterocycles. The Labute approximate surface area is 218 Å². The van der Waals surface area contributed by atoms with E-state index < -0.39 is 42.8 Å². The molecule has 0 spiro atoms. The predicted molar refractivity (Wildman–Crippen MR) is 134 cm³/mol. The molecule has 5 rings (SSSR count). The van der Waals surface area contributed by atoms with Crippen LogP contribution < -0.4 is 0 Å². The van der Waals surface area contributed by atoms with Gasteiger partial charge in [0.15, 0.2) is 18.4 Å². The first-order chi connectivity index (χ1) is 17.8. The summed E-state index contributed by atoms with van der Waals surface area (Å²) in [7, 11) is 0. The SMILES string of the molecule is CC1C(OCc2ccccc2)[C@H](OCc2ccccc2)CO[C@H]1O[C@H]1C(C)O[C@@H](O)C2OC(C)(C)OC21. The molecule has 37 heavy (non-hydrogen) atoms. The number of ether oxygens (including phenoxy) is 7. The fourth-order valence-electron chi connectivity index (χ4n) is 5.32. The van der Waals surface area contributed by atoms with E-state index in [1.165, 1.54) is 0 Å². The molecule has 3 fully saturated rings. The van der Waals surface area contributed by atoms with Gasteiger partial charge in [0.2, 0.25) is 0 Å². The highest BCUT2D eigenvalue weighted by atomic mass is 16.8. The molecule has 2 aromatic carbocycles. The van der Waals surface area contributed by atoms with Gasteiger partial charge in [-0.3, -0.25) is 0 Å². The number of hydrogen-bond donors (Lipinski definition) is 1. The zero-order chi connectivity index (χ0) is 26.0. The van der Waals surface area contributed by atoms with Gasteiger partial charge in [0.05, 0.1) is 32.0 Å². The molecular formula is C29H38O8. The van der Waals surface area contributed by atoms with Crippen LogP contribution in [0.15, 0.2) is 60.7 Å². The summed E-state index contributed by atoms with van der Waals surface area (Å²) in [4.78, 5) is 0. The lowest BCUT2D eigenvalue weighted by atomic mass is 9.95. The van der Waals surface area contributed by atoms with Crippen molar-refractivity contribution >= 4 is 0 Å². The minimum Gasteiger partial charge on any atom is -0.370 e. The van der Waals surface area contributed by atoms with Gasteiger partial charge in [0, 0.05) is 5.92 Å². The van der Waals surface area contributed by atoms with Crippen molar-refractivity contribution in [3.8, 4) is 0 Å². The summed E-state index contributed by atoms with van der Waals surface area (Å²) in [5.41, 5.74) is 2.18. The Bertz CT molecular complexity index is 986. The zero-order valence-electron chi connectivity index (χ0n) is 21.9. The van der Waals surface area contributed by atoms with E-state index in [4.69, 9.17) is 33.2 Å². The molecule has 3 aliphatic rings. The molecule has 0 aromatic heterocycles. The van der Waals surface area contributed by atoms with E-state index >= 15 is 0 Å². The van der Waals surface area contributed by atoms with Gasteiger partial charge in [-0.25, -0.2) is 0 Å². The zero-order valence-corrected chi connectivity index (χ0v) is 21.9. The number of rotatable bonds is 8. The molecule has 0 amide bonds. The molecule has 0 radical (unpaired) electrons. The topological polar surface area (TPSA) is 84.8 Å². The van der Waals surface area contributed by atoms with Crippen LogP contribution in [0.3, 0.4) is 0 Å². The van der Waals surface area contributed by atoms with E-state index in [-0.39, 0.29) is 18.1 Å². The maximum atomic E-state index is 10.4. The molecule has 8 nitrogen and oxygen atoms in total. The molecule has 0 bridgehead atoms. The normalized spacial score (nSPS) is 37.3. The van der Waals surface area contributed by atoms with Crippen LogP contribution >= 0.6 is 0 Å². The number of aliphatic hydroxyl groups is 1. The molecule has 3 heterocycles. The standard InChI is InChI=1S/C29H38O8/c1-18-23(32-16-21-13-9-6-10-14-21)22(31-15-20-11-7-5-8-12-20)17-33-28(18)35-24-19(2)34-27(30)26-25(24)36-29(3,4)37-26/h5-14,18-19,22-28,30H,15-17H2,1-4H3/t18?,19?,22-,23?,24+,25?,26?,27-,28+/m1/s1. The van der Waals surface area contributed by atoms with Crippen LogP contribution in [0.25, 0.3) is 0 Å². The van der Waals surface area contributed by atoms with Crippen LogP contribution in [-0.4, -0.2) is 66.7 Å². The Morgan fingerprint density at radius 2 is 1.43 bits per heavy atom. The van der Waals surface area contributed by atoms with E-state index in [1.54, 1.807) is 0 Å². The van der Waals surface area contributed by atoms with Crippen molar-refractivity contribution in [1.29, 1.82) is 0 Å². The summed E-state index contributed by atoms with van der Waals surface area (Å²) >= 11 is 0. The highest BCUT2D eigenvalue weighted by Gasteiger charge is 2.56. The Hall–Kier alpha value is -1.88. The number of hydrogen-bond acceptors (Lipinski definition) is 8. The summed E-state index contributed by atoms with van der Waals surface area (Å²) in [6.45, 7) is 8.80. The van der Waals surface area contributed by atoms with Crippen LogP contribution in [-0.2, 0) is 46.4 Å². The Morgan fingerprint density at radius 3 is 2.08 bits per heavy atom. The Balaban J connectivity index is 1.29. The maximum absolute atomic E-state index is 10.4. The Morgan fingerprint density at radius 1 is 0.838 bits per heavy atom.